The zero-order chi connectivity index (χ0) is 19.9. The number of amides is 1. The van der Waals surface area contributed by atoms with E-state index in [1.807, 2.05) is 50.2 Å². The van der Waals surface area contributed by atoms with Crippen LogP contribution in [0, 0.1) is 0 Å². The fourth-order valence-corrected chi connectivity index (χ4v) is 2.92. The van der Waals surface area contributed by atoms with Crippen LogP contribution in [0.25, 0.3) is 10.8 Å². The third-order valence-corrected chi connectivity index (χ3v) is 4.46. The van der Waals surface area contributed by atoms with Gasteiger partial charge in [-0.1, -0.05) is 30.3 Å². The second kappa shape index (κ2) is 9.04. The first-order chi connectivity index (χ1) is 13.6. The van der Waals surface area contributed by atoms with Crippen molar-refractivity contribution in [2.45, 2.75) is 13.8 Å². The highest BCUT2D eigenvalue weighted by atomic mass is 16.6. The fourth-order valence-electron chi connectivity index (χ4n) is 2.92. The number of ether oxygens (including phenoxy) is 2. The molecule has 0 atom stereocenters. The van der Waals surface area contributed by atoms with E-state index >= 15 is 0 Å². The van der Waals surface area contributed by atoms with Crippen LogP contribution in [0.4, 0.5) is 0 Å². The molecule has 0 saturated carbocycles. The van der Waals surface area contributed by atoms with Crippen LogP contribution in [-0.2, 0) is 4.79 Å². The highest BCUT2D eigenvalue weighted by molar-refractivity contribution is 5.94. The summed E-state index contributed by atoms with van der Waals surface area (Å²) in [5, 5.41) is 2.08. The predicted molar refractivity (Wildman–Crippen MR) is 109 cm³/mol. The monoisotopic (exact) mass is 377 g/mol. The van der Waals surface area contributed by atoms with Crippen LogP contribution >= 0.6 is 0 Å². The summed E-state index contributed by atoms with van der Waals surface area (Å²) in [7, 11) is 0. The van der Waals surface area contributed by atoms with Crippen molar-refractivity contribution in [3.05, 3.63) is 72.3 Å². The summed E-state index contributed by atoms with van der Waals surface area (Å²) in [6.45, 7) is 5.00. The fraction of sp³-hybridized carbons (Fsp3) is 0.217. The molecule has 5 nitrogen and oxygen atoms in total. The van der Waals surface area contributed by atoms with E-state index in [1.165, 1.54) is 0 Å². The Balaban J connectivity index is 1.55. The molecule has 144 valence electrons. The van der Waals surface area contributed by atoms with Gasteiger partial charge in [0.1, 0.15) is 11.5 Å². The highest BCUT2D eigenvalue weighted by Gasteiger charge is 2.12. The maximum absolute atomic E-state index is 12.3. The van der Waals surface area contributed by atoms with E-state index in [2.05, 4.69) is 0 Å². The molecule has 0 fully saturated rings. The van der Waals surface area contributed by atoms with E-state index in [1.54, 1.807) is 35.2 Å². The summed E-state index contributed by atoms with van der Waals surface area (Å²) in [4.78, 5) is 26.1. The average Bonchev–Trinajstić information content (AvgIpc) is 2.73. The Morgan fingerprint density at radius 3 is 2.14 bits per heavy atom. The summed E-state index contributed by atoms with van der Waals surface area (Å²) in [5.74, 6) is 0.477. The van der Waals surface area contributed by atoms with Gasteiger partial charge in [-0.05, 0) is 61.0 Å². The van der Waals surface area contributed by atoms with Crippen molar-refractivity contribution in [2.24, 2.45) is 0 Å². The molecule has 3 aromatic carbocycles. The molecule has 0 radical (unpaired) electrons. The molecule has 5 heteroatoms. The molecule has 0 spiro atoms. The van der Waals surface area contributed by atoms with Gasteiger partial charge in [-0.2, -0.15) is 0 Å². The number of nitrogens with zero attached hydrogens (tertiary/aromatic N) is 1. The molecule has 0 aliphatic carbocycles. The largest absolute Gasteiger partial charge is 0.482 e. The Morgan fingerprint density at radius 1 is 0.821 bits per heavy atom. The van der Waals surface area contributed by atoms with Crippen molar-refractivity contribution in [1.29, 1.82) is 0 Å². The van der Waals surface area contributed by atoms with Gasteiger partial charge in [0, 0.05) is 18.7 Å². The van der Waals surface area contributed by atoms with E-state index in [0.717, 1.165) is 10.8 Å². The van der Waals surface area contributed by atoms with E-state index in [4.69, 9.17) is 9.47 Å². The van der Waals surface area contributed by atoms with Crippen LogP contribution in [-0.4, -0.2) is 36.5 Å². The van der Waals surface area contributed by atoms with Gasteiger partial charge in [0.15, 0.2) is 6.61 Å². The Labute approximate surface area is 164 Å². The van der Waals surface area contributed by atoms with E-state index in [0.29, 0.717) is 30.2 Å². The lowest BCUT2D eigenvalue weighted by atomic mass is 10.1. The summed E-state index contributed by atoms with van der Waals surface area (Å²) < 4.78 is 10.8. The number of carbonyl (C=O) groups excluding carboxylic acids is 2. The molecule has 0 unspecified atom stereocenters. The lowest BCUT2D eigenvalue weighted by molar-refractivity contribution is -0.136. The maximum Gasteiger partial charge on any atom is 0.349 e. The molecule has 1 amide bonds. The SMILES string of the molecule is CCN(CC)C(=O)c1ccc(OCC(=O)Oc2ccc3ccccc3c2)cc1. The average molecular weight is 377 g/mol. The van der Waals surface area contributed by atoms with E-state index in [-0.39, 0.29) is 12.5 Å². The van der Waals surface area contributed by atoms with Crippen LogP contribution < -0.4 is 9.47 Å². The second-order valence-electron chi connectivity index (χ2n) is 6.27. The minimum Gasteiger partial charge on any atom is -0.482 e. The van der Waals surface area contributed by atoms with Crippen molar-refractivity contribution in [3.63, 3.8) is 0 Å². The van der Waals surface area contributed by atoms with Gasteiger partial charge in [-0.25, -0.2) is 4.79 Å². The van der Waals surface area contributed by atoms with Gasteiger partial charge in [-0.3, -0.25) is 4.79 Å². The van der Waals surface area contributed by atoms with Gasteiger partial charge in [0.25, 0.3) is 5.91 Å². The van der Waals surface area contributed by atoms with Gasteiger partial charge in [0.2, 0.25) is 0 Å². The number of esters is 1. The predicted octanol–water partition coefficient (Wildman–Crippen LogP) is 4.31. The lowest BCUT2D eigenvalue weighted by Gasteiger charge is -2.18. The third kappa shape index (κ3) is 4.68. The van der Waals surface area contributed by atoms with Crippen molar-refractivity contribution in [3.8, 4) is 11.5 Å². The first kappa shape index (κ1) is 19.4. The normalized spacial score (nSPS) is 10.5. The summed E-state index contributed by atoms with van der Waals surface area (Å²) >= 11 is 0. The van der Waals surface area contributed by atoms with Crippen LogP contribution in [0.5, 0.6) is 11.5 Å². The topological polar surface area (TPSA) is 55.8 Å². The Morgan fingerprint density at radius 2 is 1.46 bits per heavy atom. The Bertz CT molecular complexity index is 962. The van der Waals surface area contributed by atoms with Gasteiger partial charge in [-0.15, -0.1) is 0 Å². The lowest BCUT2D eigenvalue weighted by Crippen LogP contribution is -2.30. The molecule has 0 aliphatic heterocycles. The van der Waals surface area contributed by atoms with Crippen LogP contribution in [0.3, 0.4) is 0 Å². The van der Waals surface area contributed by atoms with Crippen molar-refractivity contribution in [2.75, 3.05) is 19.7 Å². The molecule has 0 bridgehead atoms. The third-order valence-electron chi connectivity index (χ3n) is 4.46. The minimum atomic E-state index is -0.487. The van der Waals surface area contributed by atoms with Gasteiger partial charge < -0.3 is 14.4 Å². The second-order valence-corrected chi connectivity index (χ2v) is 6.27. The Hall–Kier alpha value is -3.34. The highest BCUT2D eigenvalue weighted by Crippen LogP contribution is 2.21. The molecule has 3 aromatic rings. The first-order valence-corrected chi connectivity index (χ1v) is 9.32. The molecule has 0 N–H and O–H groups in total. The molecular weight excluding hydrogens is 354 g/mol. The number of rotatable bonds is 7. The van der Waals surface area contributed by atoms with Crippen molar-refractivity contribution in [1.82, 2.24) is 4.90 Å². The first-order valence-electron chi connectivity index (χ1n) is 9.32. The zero-order valence-corrected chi connectivity index (χ0v) is 16.1. The molecule has 3 rings (SSSR count). The maximum atomic E-state index is 12.3. The molecule has 0 aliphatic rings. The quantitative estimate of drug-likeness (QED) is 0.455. The smallest absolute Gasteiger partial charge is 0.349 e. The summed E-state index contributed by atoms with van der Waals surface area (Å²) in [6, 6.07) is 20.1. The van der Waals surface area contributed by atoms with Gasteiger partial charge in [0.05, 0.1) is 0 Å². The number of benzene rings is 3. The molecular formula is C23H23NO4. The van der Waals surface area contributed by atoms with Crippen LogP contribution in [0.1, 0.15) is 24.2 Å². The number of carbonyl (C=O) groups is 2. The zero-order valence-electron chi connectivity index (χ0n) is 16.1. The summed E-state index contributed by atoms with van der Waals surface area (Å²) in [6.07, 6.45) is 0. The van der Waals surface area contributed by atoms with Crippen molar-refractivity contribution < 1.29 is 19.1 Å². The molecule has 0 saturated heterocycles. The molecule has 0 aromatic heterocycles. The van der Waals surface area contributed by atoms with Crippen molar-refractivity contribution >= 4 is 22.6 Å². The number of hydrogen-bond donors (Lipinski definition) is 0. The minimum absolute atomic E-state index is 0.0211. The molecule has 28 heavy (non-hydrogen) atoms. The summed E-state index contributed by atoms with van der Waals surface area (Å²) in [5.41, 5.74) is 0.592. The Kier molecular flexibility index (Phi) is 6.27. The van der Waals surface area contributed by atoms with E-state index in [9.17, 15) is 9.59 Å². The van der Waals surface area contributed by atoms with Gasteiger partial charge >= 0.3 is 5.97 Å². The number of hydrogen-bond acceptors (Lipinski definition) is 4. The standard InChI is InChI=1S/C23H23NO4/c1-3-24(4-2)23(26)18-10-12-20(13-11-18)27-16-22(25)28-21-14-9-17-7-5-6-8-19(17)15-21/h5-15H,3-4,16H2,1-2H3. The number of fused-ring (bicyclic) bond motifs is 1. The van der Waals surface area contributed by atoms with E-state index < -0.39 is 5.97 Å². The van der Waals surface area contributed by atoms with Crippen LogP contribution in [0.15, 0.2) is 66.7 Å². The molecule has 0 heterocycles. The van der Waals surface area contributed by atoms with Crippen LogP contribution in [0.2, 0.25) is 0 Å².